The van der Waals surface area contributed by atoms with Crippen molar-refractivity contribution in [1.29, 1.82) is 0 Å². The van der Waals surface area contributed by atoms with Crippen LogP contribution in [-0.2, 0) is 14.3 Å². The third-order valence-corrected chi connectivity index (χ3v) is 4.39. The summed E-state index contributed by atoms with van der Waals surface area (Å²) in [6.07, 6.45) is 18.4. The molecule has 0 saturated carbocycles. The number of halogens is 1. The number of Topliss-reactive ketones (excluding diaryl/α,β-unsaturated/α-hetero) is 1. The Kier molecular flexibility index (Phi) is 7.50. The number of rotatable bonds is 7. The van der Waals surface area contributed by atoms with Crippen molar-refractivity contribution in [2.45, 2.75) is 12.3 Å². The van der Waals surface area contributed by atoms with E-state index in [4.69, 9.17) is 21.1 Å². The summed E-state index contributed by atoms with van der Waals surface area (Å²) in [7, 11) is 3.02. The third kappa shape index (κ3) is 4.92. The van der Waals surface area contributed by atoms with Crippen LogP contribution >= 0.6 is 11.6 Å². The molecule has 0 fully saturated rings. The lowest BCUT2D eigenvalue weighted by atomic mass is 9.98. The Labute approximate surface area is 165 Å². The lowest BCUT2D eigenvalue weighted by Gasteiger charge is -2.25. The van der Waals surface area contributed by atoms with Crippen LogP contribution in [-0.4, -0.2) is 36.8 Å². The van der Waals surface area contributed by atoms with E-state index in [1.54, 1.807) is 25.2 Å². The first-order valence-electron chi connectivity index (χ1n) is 8.54. The molecule has 0 N–H and O–H groups in total. The van der Waals surface area contributed by atoms with E-state index in [2.05, 4.69) is 6.58 Å². The molecule has 0 amide bonds. The van der Waals surface area contributed by atoms with Gasteiger partial charge in [0, 0.05) is 23.9 Å². The van der Waals surface area contributed by atoms with E-state index >= 15 is 0 Å². The van der Waals surface area contributed by atoms with Crippen LogP contribution < -0.4 is 0 Å². The van der Waals surface area contributed by atoms with E-state index in [1.165, 1.54) is 14.2 Å². The summed E-state index contributed by atoms with van der Waals surface area (Å²) >= 11 is 6.33. The molecule has 2 rings (SSSR count). The van der Waals surface area contributed by atoms with Gasteiger partial charge < -0.3 is 14.4 Å². The predicted octanol–water partition coefficient (Wildman–Crippen LogP) is 4.57. The summed E-state index contributed by atoms with van der Waals surface area (Å²) in [5.74, 6) is 0.613. The molecule has 1 aliphatic heterocycles. The van der Waals surface area contributed by atoms with Crippen LogP contribution in [0.2, 0.25) is 0 Å². The zero-order valence-electron chi connectivity index (χ0n) is 15.8. The maximum absolute atomic E-state index is 13.4. The van der Waals surface area contributed by atoms with Gasteiger partial charge in [-0.05, 0) is 31.2 Å². The number of ether oxygens (including phenoxy) is 2. The first-order valence-corrected chi connectivity index (χ1v) is 8.98. The minimum Gasteiger partial charge on any atom is -0.493 e. The van der Waals surface area contributed by atoms with E-state index in [-0.39, 0.29) is 11.2 Å². The van der Waals surface area contributed by atoms with E-state index in [9.17, 15) is 4.79 Å². The molecule has 0 radical (unpaired) electrons. The molecular weight excluding hydrogens is 362 g/mol. The molecule has 0 aromatic heterocycles. The number of hydrogen-bond donors (Lipinski definition) is 0. The second-order valence-electron chi connectivity index (χ2n) is 5.84. The van der Waals surface area contributed by atoms with Gasteiger partial charge in [0.15, 0.2) is 17.3 Å². The summed E-state index contributed by atoms with van der Waals surface area (Å²) < 4.78 is 10.8. The minimum absolute atomic E-state index is 0.178. The van der Waals surface area contributed by atoms with Crippen molar-refractivity contribution < 1.29 is 14.3 Å². The van der Waals surface area contributed by atoms with Gasteiger partial charge in [-0.3, -0.25) is 4.79 Å². The first kappa shape index (κ1) is 20.6. The Hall–Kier alpha value is -2.72. The van der Waals surface area contributed by atoms with Crippen LogP contribution in [0.15, 0.2) is 95.8 Å². The maximum Gasteiger partial charge on any atom is 0.194 e. The first-order chi connectivity index (χ1) is 13.0. The topological polar surface area (TPSA) is 38.8 Å². The molecule has 1 atom stereocenters. The fourth-order valence-electron chi connectivity index (χ4n) is 2.82. The van der Waals surface area contributed by atoms with Crippen molar-refractivity contribution >= 4 is 17.4 Å². The second kappa shape index (κ2) is 9.83. The van der Waals surface area contributed by atoms with E-state index in [0.717, 1.165) is 5.70 Å². The molecule has 0 bridgehead atoms. The third-order valence-electron chi connectivity index (χ3n) is 4.12. The number of hydrogen-bond acceptors (Lipinski definition) is 4. The van der Waals surface area contributed by atoms with Gasteiger partial charge in [-0.25, -0.2) is 0 Å². The van der Waals surface area contributed by atoms with Crippen molar-refractivity contribution in [3.8, 4) is 0 Å². The molecule has 4 nitrogen and oxygen atoms in total. The Morgan fingerprint density at radius 2 is 2.07 bits per heavy atom. The monoisotopic (exact) mass is 385 g/mol. The quantitative estimate of drug-likeness (QED) is 0.278. The average Bonchev–Trinajstić information content (AvgIpc) is 2.89. The highest BCUT2D eigenvalue weighted by atomic mass is 35.5. The molecule has 0 spiro atoms. The number of carbonyl (C=O) groups excluding carboxylic acids is 1. The van der Waals surface area contributed by atoms with Gasteiger partial charge in [-0.15, -0.1) is 11.6 Å². The van der Waals surface area contributed by atoms with Gasteiger partial charge in [-0.2, -0.15) is 0 Å². The summed E-state index contributed by atoms with van der Waals surface area (Å²) in [5.41, 5.74) is 1.72. The standard InChI is InChI=1S/C22H24ClNO3/c1-5-10-20(26-3)22(27-4)16(2)21(25)18-15-17(23)11-9-12-19(18)24-13-7-6-8-14-24/h5-13,15,17H,1,14H2,2-4H3/b20-10+,22-16-. The smallest absolute Gasteiger partial charge is 0.194 e. The van der Waals surface area contributed by atoms with Crippen molar-refractivity contribution in [3.05, 3.63) is 95.8 Å². The molecule has 0 aromatic carbocycles. The molecule has 5 heteroatoms. The average molecular weight is 386 g/mol. The number of allylic oxidation sites excluding steroid dienone is 10. The van der Waals surface area contributed by atoms with Gasteiger partial charge >= 0.3 is 0 Å². The zero-order chi connectivity index (χ0) is 19.8. The lowest BCUT2D eigenvalue weighted by Crippen LogP contribution is -2.24. The van der Waals surface area contributed by atoms with Gasteiger partial charge in [-0.1, -0.05) is 37.0 Å². The van der Waals surface area contributed by atoms with Crippen molar-refractivity contribution in [2.75, 3.05) is 20.8 Å². The molecule has 0 saturated heterocycles. The van der Waals surface area contributed by atoms with Gasteiger partial charge in [0.1, 0.15) is 0 Å². The summed E-state index contributed by atoms with van der Waals surface area (Å²) in [6, 6.07) is 0. The van der Waals surface area contributed by atoms with Crippen LogP contribution in [0.5, 0.6) is 0 Å². The van der Waals surface area contributed by atoms with Crippen molar-refractivity contribution in [1.82, 2.24) is 4.90 Å². The Balaban J connectivity index is 2.50. The van der Waals surface area contributed by atoms with Gasteiger partial charge in [0.25, 0.3) is 0 Å². The molecule has 0 aromatic rings. The van der Waals surface area contributed by atoms with Crippen LogP contribution in [0, 0.1) is 0 Å². The highest BCUT2D eigenvalue weighted by Crippen LogP contribution is 2.28. The lowest BCUT2D eigenvalue weighted by molar-refractivity contribution is -0.112. The number of ketones is 1. The number of nitrogens with zero attached hydrogens (tertiary/aromatic N) is 1. The molecule has 142 valence electrons. The van der Waals surface area contributed by atoms with E-state index in [0.29, 0.717) is 29.2 Å². The molecule has 1 heterocycles. The highest BCUT2D eigenvalue weighted by Gasteiger charge is 2.25. The summed E-state index contributed by atoms with van der Waals surface area (Å²) in [5, 5.41) is -0.383. The van der Waals surface area contributed by atoms with Crippen LogP contribution in [0.4, 0.5) is 0 Å². The van der Waals surface area contributed by atoms with Gasteiger partial charge in [0.05, 0.1) is 25.3 Å². The Morgan fingerprint density at radius 1 is 1.30 bits per heavy atom. The SMILES string of the molecule is C=C/C=C(OC)\C(OC)=C(/C)C(=O)C1=CC(Cl)C=CC=C1N1C=CC=CC1. The normalized spacial score (nSPS) is 20.4. The largest absolute Gasteiger partial charge is 0.493 e. The van der Waals surface area contributed by atoms with Crippen LogP contribution in [0.1, 0.15) is 6.92 Å². The molecule has 27 heavy (non-hydrogen) atoms. The number of methoxy groups -OCH3 is 2. The molecule has 1 unspecified atom stereocenters. The van der Waals surface area contributed by atoms with Crippen molar-refractivity contribution in [3.63, 3.8) is 0 Å². The predicted molar refractivity (Wildman–Crippen MR) is 110 cm³/mol. The fourth-order valence-corrected chi connectivity index (χ4v) is 3.03. The maximum atomic E-state index is 13.4. The van der Waals surface area contributed by atoms with Crippen LogP contribution in [0.3, 0.4) is 0 Å². The summed E-state index contributed by atoms with van der Waals surface area (Å²) in [6.45, 7) is 6.05. The number of carbonyl (C=O) groups is 1. The minimum atomic E-state index is -0.383. The Bertz CT molecular complexity index is 809. The number of alkyl halides is 1. The van der Waals surface area contributed by atoms with Crippen molar-refractivity contribution in [2.24, 2.45) is 0 Å². The zero-order valence-corrected chi connectivity index (χ0v) is 16.6. The van der Waals surface area contributed by atoms with Gasteiger partial charge in [0.2, 0.25) is 0 Å². The Morgan fingerprint density at radius 3 is 2.67 bits per heavy atom. The second-order valence-corrected chi connectivity index (χ2v) is 6.35. The molecular formula is C22H24ClNO3. The van der Waals surface area contributed by atoms with Crippen LogP contribution in [0.25, 0.3) is 0 Å². The molecule has 1 aliphatic carbocycles. The fraction of sp³-hybridized carbons (Fsp3) is 0.227. The molecule has 2 aliphatic rings. The van der Waals surface area contributed by atoms with E-state index < -0.39 is 0 Å². The highest BCUT2D eigenvalue weighted by molar-refractivity contribution is 6.24. The van der Waals surface area contributed by atoms with E-state index in [1.807, 2.05) is 47.6 Å². The summed E-state index contributed by atoms with van der Waals surface area (Å²) in [4.78, 5) is 15.4.